The summed E-state index contributed by atoms with van der Waals surface area (Å²) in [5.41, 5.74) is 2.01. The number of ether oxygens (including phenoxy) is 1. The van der Waals surface area contributed by atoms with E-state index in [9.17, 15) is 4.79 Å². The first-order chi connectivity index (χ1) is 11.2. The summed E-state index contributed by atoms with van der Waals surface area (Å²) >= 11 is 0. The Morgan fingerprint density at radius 1 is 1.22 bits per heavy atom. The van der Waals surface area contributed by atoms with Crippen LogP contribution in [0.2, 0.25) is 0 Å². The van der Waals surface area contributed by atoms with Crippen LogP contribution in [-0.2, 0) is 16.1 Å². The fourth-order valence-electron chi connectivity index (χ4n) is 4.35. The second-order valence-corrected chi connectivity index (χ2v) is 7.15. The van der Waals surface area contributed by atoms with Crippen molar-refractivity contribution in [3.8, 4) is 0 Å². The van der Waals surface area contributed by atoms with E-state index in [0.717, 1.165) is 57.1 Å². The molecule has 3 aliphatic rings. The third-order valence-electron chi connectivity index (χ3n) is 5.56. The van der Waals surface area contributed by atoms with E-state index in [1.165, 1.54) is 0 Å². The molecular weight excluding hydrogens is 290 g/mol. The number of rotatable bonds is 3. The van der Waals surface area contributed by atoms with Crippen molar-refractivity contribution in [2.45, 2.75) is 32.4 Å². The molecule has 5 heteroatoms. The third kappa shape index (κ3) is 3.00. The predicted octanol–water partition coefficient (Wildman–Crippen LogP) is 1.46. The lowest BCUT2D eigenvalue weighted by Gasteiger charge is -2.32. The molecule has 0 N–H and O–H groups in total. The molecule has 1 amide bonds. The highest BCUT2D eigenvalue weighted by Gasteiger charge is 2.47. The molecule has 23 heavy (non-hydrogen) atoms. The van der Waals surface area contributed by atoms with E-state index in [2.05, 4.69) is 9.88 Å². The summed E-state index contributed by atoms with van der Waals surface area (Å²) in [6.07, 6.45) is 2.23. The first-order valence-electron chi connectivity index (χ1n) is 8.74. The molecular formula is C18H25N3O2. The van der Waals surface area contributed by atoms with Gasteiger partial charge in [0.05, 0.1) is 18.2 Å². The summed E-state index contributed by atoms with van der Waals surface area (Å²) < 4.78 is 5.46. The van der Waals surface area contributed by atoms with Crippen molar-refractivity contribution in [2.75, 3.05) is 32.8 Å². The number of hydrogen-bond acceptors (Lipinski definition) is 4. The topological polar surface area (TPSA) is 45.7 Å². The largest absolute Gasteiger partial charge is 0.381 e. The molecule has 0 saturated carbocycles. The molecule has 3 saturated heterocycles. The van der Waals surface area contributed by atoms with Gasteiger partial charge < -0.3 is 9.64 Å². The normalized spacial score (nSPS) is 29.3. The highest BCUT2D eigenvalue weighted by atomic mass is 16.5. The Morgan fingerprint density at radius 2 is 2.04 bits per heavy atom. The van der Waals surface area contributed by atoms with Gasteiger partial charge in [0.1, 0.15) is 0 Å². The third-order valence-corrected chi connectivity index (χ3v) is 5.56. The summed E-state index contributed by atoms with van der Waals surface area (Å²) in [6, 6.07) is 6.65. The van der Waals surface area contributed by atoms with E-state index < -0.39 is 0 Å². The maximum atomic E-state index is 12.8. The average Bonchev–Trinajstić information content (AvgIpc) is 3.09. The van der Waals surface area contributed by atoms with Crippen molar-refractivity contribution in [2.24, 2.45) is 11.8 Å². The number of aromatic nitrogens is 1. The molecule has 4 heterocycles. The SMILES string of the molecule is Cc1cccc(CN2C[C@@H]3CN(C4CCOCC4)C[C@@H]3C2=O)n1. The minimum Gasteiger partial charge on any atom is -0.381 e. The van der Waals surface area contributed by atoms with Crippen molar-refractivity contribution in [1.29, 1.82) is 0 Å². The van der Waals surface area contributed by atoms with Crippen molar-refractivity contribution in [3.05, 3.63) is 29.6 Å². The van der Waals surface area contributed by atoms with Crippen LogP contribution >= 0.6 is 0 Å². The Labute approximate surface area is 137 Å². The number of aryl methyl sites for hydroxylation is 1. The second kappa shape index (κ2) is 6.21. The Bertz CT molecular complexity index is 585. The van der Waals surface area contributed by atoms with E-state index in [1.807, 2.05) is 30.0 Å². The zero-order valence-corrected chi connectivity index (χ0v) is 13.8. The van der Waals surface area contributed by atoms with Crippen LogP contribution in [0.4, 0.5) is 0 Å². The lowest BCUT2D eigenvalue weighted by atomic mass is 10.0. The Hall–Kier alpha value is -1.46. The lowest BCUT2D eigenvalue weighted by molar-refractivity contribution is -0.131. The molecule has 0 aromatic carbocycles. The molecule has 3 fully saturated rings. The zero-order chi connectivity index (χ0) is 15.8. The molecule has 4 rings (SSSR count). The van der Waals surface area contributed by atoms with Gasteiger partial charge in [-0.2, -0.15) is 0 Å². The van der Waals surface area contributed by atoms with Crippen LogP contribution in [-0.4, -0.2) is 59.6 Å². The lowest BCUT2D eigenvalue weighted by Crippen LogP contribution is -2.40. The molecule has 1 aromatic rings. The fraction of sp³-hybridized carbons (Fsp3) is 0.667. The Balaban J connectivity index is 1.38. The van der Waals surface area contributed by atoms with Gasteiger partial charge in [-0.15, -0.1) is 0 Å². The molecule has 3 aliphatic heterocycles. The van der Waals surface area contributed by atoms with Gasteiger partial charge in [0, 0.05) is 50.5 Å². The molecule has 0 unspecified atom stereocenters. The van der Waals surface area contributed by atoms with Crippen LogP contribution in [0.15, 0.2) is 18.2 Å². The molecule has 0 aliphatic carbocycles. The summed E-state index contributed by atoms with van der Waals surface area (Å²) in [7, 11) is 0. The van der Waals surface area contributed by atoms with E-state index in [-0.39, 0.29) is 5.92 Å². The van der Waals surface area contributed by atoms with E-state index >= 15 is 0 Å². The van der Waals surface area contributed by atoms with Crippen molar-refractivity contribution in [3.63, 3.8) is 0 Å². The molecule has 124 valence electrons. The van der Waals surface area contributed by atoms with Gasteiger partial charge in [0.25, 0.3) is 0 Å². The predicted molar refractivity (Wildman–Crippen MR) is 86.8 cm³/mol. The second-order valence-electron chi connectivity index (χ2n) is 7.15. The van der Waals surface area contributed by atoms with Crippen LogP contribution < -0.4 is 0 Å². The van der Waals surface area contributed by atoms with Crippen molar-refractivity contribution < 1.29 is 9.53 Å². The van der Waals surface area contributed by atoms with Crippen LogP contribution in [0.25, 0.3) is 0 Å². The average molecular weight is 315 g/mol. The van der Waals surface area contributed by atoms with Gasteiger partial charge in [0.2, 0.25) is 5.91 Å². The molecule has 0 spiro atoms. The highest BCUT2D eigenvalue weighted by Crippen LogP contribution is 2.35. The quantitative estimate of drug-likeness (QED) is 0.847. The molecule has 0 radical (unpaired) electrons. The zero-order valence-electron chi connectivity index (χ0n) is 13.8. The van der Waals surface area contributed by atoms with Gasteiger partial charge in [-0.05, 0) is 31.9 Å². The maximum Gasteiger partial charge on any atom is 0.227 e. The number of pyridine rings is 1. The van der Waals surface area contributed by atoms with Gasteiger partial charge >= 0.3 is 0 Å². The van der Waals surface area contributed by atoms with Gasteiger partial charge in [0.15, 0.2) is 0 Å². The summed E-state index contributed by atoms with van der Waals surface area (Å²) in [4.78, 5) is 21.8. The van der Waals surface area contributed by atoms with Crippen molar-refractivity contribution in [1.82, 2.24) is 14.8 Å². The van der Waals surface area contributed by atoms with Gasteiger partial charge in [-0.25, -0.2) is 0 Å². The summed E-state index contributed by atoms with van der Waals surface area (Å²) in [5.74, 6) is 1.02. The van der Waals surface area contributed by atoms with Gasteiger partial charge in [-0.1, -0.05) is 6.07 Å². The van der Waals surface area contributed by atoms with Crippen molar-refractivity contribution >= 4 is 5.91 Å². The molecule has 0 bridgehead atoms. The van der Waals surface area contributed by atoms with Crippen LogP contribution in [0, 0.1) is 18.8 Å². The van der Waals surface area contributed by atoms with Crippen LogP contribution in [0.5, 0.6) is 0 Å². The standard InChI is InChI=1S/C18H25N3O2/c1-13-3-2-4-15(19-13)11-21-10-14-9-20(12-17(14)18(21)22)16-5-7-23-8-6-16/h2-4,14,16-17H,5-12H2,1H3/t14-,17-/m0/s1. The maximum absolute atomic E-state index is 12.8. The number of amides is 1. The van der Waals surface area contributed by atoms with Crippen LogP contribution in [0.1, 0.15) is 24.2 Å². The summed E-state index contributed by atoms with van der Waals surface area (Å²) in [6.45, 7) is 7.29. The monoisotopic (exact) mass is 315 g/mol. The first kappa shape index (κ1) is 15.1. The first-order valence-corrected chi connectivity index (χ1v) is 8.74. The number of carbonyl (C=O) groups is 1. The molecule has 5 nitrogen and oxygen atoms in total. The minimum atomic E-state index is 0.197. The number of likely N-dealkylation sites (tertiary alicyclic amines) is 2. The fourth-order valence-corrected chi connectivity index (χ4v) is 4.35. The minimum absolute atomic E-state index is 0.197. The number of hydrogen-bond donors (Lipinski definition) is 0. The van der Waals surface area contributed by atoms with E-state index in [0.29, 0.717) is 24.4 Å². The number of fused-ring (bicyclic) bond motifs is 1. The Kier molecular flexibility index (Phi) is 4.07. The molecule has 1 aromatic heterocycles. The van der Waals surface area contributed by atoms with E-state index in [1.54, 1.807) is 0 Å². The van der Waals surface area contributed by atoms with Gasteiger partial charge in [-0.3, -0.25) is 14.7 Å². The number of carbonyl (C=O) groups excluding carboxylic acids is 1. The van der Waals surface area contributed by atoms with Crippen LogP contribution in [0.3, 0.4) is 0 Å². The van der Waals surface area contributed by atoms with E-state index in [4.69, 9.17) is 4.74 Å². The summed E-state index contributed by atoms with van der Waals surface area (Å²) in [5, 5.41) is 0. The Morgan fingerprint density at radius 3 is 2.78 bits per heavy atom. The highest BCUT2D eigenvalue weighted by molar-refractivity contribution is 5.82. The smallest absolute Gasteiger partial charge is 0.227 e. The molecule has 2 atom stereocenters. The number of nitrogens with zero attached hydrogens (tertiary/aromatic N) is 3.